The summed E-state index contributed by atoms with van der Waals surface area (Å²) in [5.74, 6) is 1.56. The van der Waals surface area contributed by atoms with E-state index in [0.717, 1.165) is 41.1 Å². The van der Waals surface area contributed by atoms with Crippen LogP contribution in [-0.2, 0) is 0 Å². The van der Waals surface area contributed by atoms with Gasteiger partial charge in [-0.25, -0.2) is 0 Å². The van der Waals surface area contributed by atoms with Gasteiger partial charge in [-0.2, -0.15) is 5.10 Å². The third-order valence-electron chi connectivity index (χ3n) is 5.43. The molecule has 1 amide bonds. The smallest absolute Gasteiger partial charge is 0.254 e. The van der Waals surface area contributed by atoms with Gasteiger partial charge < -0.3 is 14.3 Å². The minimum absolute atomic E-state index is 0.0201. The third-order valence-corrected chi connectivity index (χ3v) is 5.43. The number of nitrogens with zero attached hydrogens (tertiary/aromatic N) is 5. The van der Waals surface area contributed by atoms with E-state index in [1.807, 2.05) is 72.5 Å². The van der Waals surface area contributed by atoms with Crippen molar-refractivity contribution in [1.29, 1.82) is 0 Å². The fourth-order valence-electron chi connectivity index (χ4n) is 3.75. The highest BCUT2D eigenvalue weighted by Gasteiger charge is 2.24. The van der Waals surface area contributed by atoms with Gasteiger partial charge in [0.15, 0.2) is 11.6 Å². The number of hydrogen-bond donors (Lipinski definition) is 0. The average Bonchev–Trinajstić information content (AvgIpc) is 3.23. The second-order valence-electron chi connectivity index (χ2n) is 7.42. The van der Waals surface area contributed by atoms with Crippen molar-refractivity contribution in [2.24, 2.45) is 0 Å². The molecule has 1 aliphatic rings. The summed E-state index contributed by atoms with van der Waals surface area (Å²) >= 11 is 0. The summed E-state index contributed by atoms with van der Waals surface area (Å²) in [4.78, 5) is 17.2. The van der Waals surface area contributed by atoms with Crippen molar-refractivity contribution in [1.82, 2.24) is 20.3 Å². The quantitative estimate of drug-likeness (QED) is 0.524. The van der Waals surface area contributed by atoms with Crippen molar-refractivity contribution in [3.63, 3.8) is 0 Å². The summed E-state index contributed by atoms with van der Waals surface area (Å²) < 4.78 is 5.56. The maximum Gasteiger partial charge on any atom is 0.254 e. The minimum atomic E-state index is 0.0201. The summed E-state index contributed by atoms with van der Waals surface area (Å²) in [5, 5.41) is 13.4. The summed E-state index contributed by atoms with van der Waals surface area (Å²) in [6, 6.07) is 19.3. The Hall–Kier alpha value is -3.74. The lowest BCUT2D eigenvalue weighted by Gasteiger charge is -2.35. The lowest BCUT2D eigenvalue weighted by molar-refractivity contribution is 0.0746. The van der Waals surface area contributed by atoms with Crippen molar-refractivity contribution in [3.8, 4) is 11.3 Å². The average molecular weight is 399 g/mol. The molecule has 1 aliphatic heterocycles. The molecule has 2 aromatic carbocycles. The fraction of sp³-hybridized carbons (Fsp3) is 0.217. The van der Waals surface area contributed by atoms with Gasteiger partial charge in [-0.1, -0.05) is 35.5 Å². The maximum atomic E-state index is 13.1. The molecular weight excluding hydrogens is 378 g/mol. The topological polar surface area (TPSA) is 75.4 Å². The first-order chi connectivity index (χ1) is 14.7. The number of aromatic nitrogens is 3. The third kappa shape index (κ3) is 3.39. The molecule has 0 spiro atoms. The van der Waals surface area contributed by atoms with Gasteiger partial charge in [0.25, 0.3) is 5.91 Å². The van der Waals surface area contributed by atoms with Gasteiger partial charge in [0.05, 0.1) is 11.1 Å². The predicted molar refractivity (Wildman–Crippen MR) is 114 cm³/mol. The molecule has 1 fully saturated rings. The van der Waals surface area contributed by atoms with Crippen molar-refractivity contribution in [2.75, 3.05) is 31.1 Å². The lowest BCUT2D eigenvalue weighted by atomic mass is 10.1. The predicted octanol–water partition coefficient (Wildman–Crippen LogP) is 3.56. The Morgan fingerprint density at radius 3 is 2.47 bits per heavy atom. The molecule has 7 nitrogen and oxygen atoms in total. The van der Waals surface area contributed by atoms with E-state index in [1.54, 1.807) is 0 Å². The molecule has 0 N–H and O–H groups in total. The monoisotopic (exact) mass is 399 g/mol. The van der Waals surface area contributed by atoms with Crippen molar-refractivity contribution >= 4 is 22.6 Å². The number of rotatable bonds is 3. The lowest BCUT2D eigenvalue weighted by Crippen LogP contribution is -2.49. The Balaban J connectivity index is 1.34. The summed E-state index contributed by atoms with van der Waals surface area (Å²) in [7, 11) is 0. The Kier molecular flexibility index (Phi) is 4.63. The largest absolute Gasteiger partial charge is 0.355 e. The summed E-state index contributed by atoms with van der Waals surface area (Å²) in [6.45, 7) is 4.66. The standard InChI is InChI=1S/C23H21N5O2/c1-16-7-10-21(25-24-16)27-11-13-28(14-12-27)23(29)18-8-9-20-19(15-18)22(30-26-20)17-5-3-2-4-6-17/h2-10,15H,11-14H2,1H3. The van der Waals surface area contributed by atoms with Gasteiger partial charge in [0.1, 0.15) is 5.52 Å². The number of amides is 1. The number of fused-ring (bicyclic) bond motifs is 1. The van der Waals surface area contributed by atoms with Crippen LogP contribution in [-0.4, -0.2) is 52.3 Å². The first-order valence-corrected chi connectivity index (χ1v) is 9.98. The molecule has 0 saturated carbocycles. The number of piperazine rings is 1. The summed E-state index contributed by atoms with van der Waals surface area (Å²) in [5.41, 5.74) is 3.23. The van der Waals surface area contributed by atoms with Crippen LogP contribution in [0.5, 0.6) is 0 Å². The fourth-order valence-corrected chi connectivity index (χ4v) is 3.75. The first kappa shape index (κ1) is 18.3. The second-order valence-corrected chi connectivity index (χ2v) is 7.42. The van der Waals surface area contributed by atoms with Gasteiger partial charge >= 0.3 is 0 Å². The van der Waals surface area contributed by atoms with Crippen LogP contribution in [0.4, 0.5) is 5.82 Å². The molecule has 3 heterocycles. The normalized spacial score (nSPS) is 14.3. The minimum Gasteiger partial charge on any atom is -0.355 e. The molecule has 0 aliphatic carbocycles. The molecule has 4 aromatic rings. The van der Waals surface area contributed by atoms with Crippen LogP contribution in [0.25, 0.3) is 22.2 Å². The molecule has 30 heavy (non-hydrogen) atoms. The molecule has 0 atom stereocenters. The van der Waals surface area contributed by atoms with E-state index >= 15 is 0 Å². The molecule has 150 valence electrons. The van der Waals surface area contributed by atoms with E-state index in [0.29, 0.717) is 24.4 Å². The molecule has 1 saturated heterocycles. The van der Waals surface area contributed by atoms with Crippen LogP contribution in [0, 0.1) is 6.92 Å². The highest BCUT2D eigenvalue weighted by Crippen LogP contribution is 2.29. The van der Waals surface area contributed by atoms with Gasteiger partial charge in [-0.15, -0.1) is 5.10 Å². The van der Waals surface area contributed by atoms with Crippen molar-refractivity contribution in [3.05, 3.63) is 71.9 Å². The van der Waals surface area contributed by atoms with Crippen LogP contribution in [0.3, 0.4) is 0 Å². The van der Waals surface area contributed by atoms with Gasteiger partial charge in [-0.3, -0.25) is 4.79 Å². The number of carbonyl (C=O) groups is 1. The van der Waals surface area contributed by atoms with E-state index in [1.165, 1.54) is 0 Å². The number of carbonyl (C=O) groups excluding carboxylic acids is 1. The van der Waals surface area contributed by atoms with E-state index in [2.05, 4.69) is 20.3 Å². The van der Waals surface area contributed by atoms with Crippen LogP contribution in [0.1, 0.15) is 16.1 Å². The summed E-state index contributed by atoms with van der Waals surface area (Å²) in [6.07, 6.45) is 0. The number of anilines is 1. The van der Waals surface area contributed by atoms with Gasteiger partial charge in [0.2, 0.25) is 0 Å². The SMILES string of the molecule is Cc1ccc(N2CCN(C(=O)c3ccc4noc(-c5ccccc5)c4c3)CC2)nn1. The van der Waals surface area contributed by atoms with Gasteiger partial charge in [0, 0.05) is 37.3 Å². The van der Waals surface area contributed by atoms with Crippen molar-refractivity contribution in [2.45, 2.75) is 6.92 Å². The Morgan fingerprint density at radius 1 is 0.933 bits per heavy atom. The highest BCUT2D eigenvalue weighted by atomic mass is 16.5. The maximum absolute atomic E-state index is 13.1. The molecule has 5 rings (SSSR count). The number of benzene rings is 2. The molecule has 7 heteroatoms. The van der Waals surface area contributed by atoms with E-state index in [-0.39, 0.29) is 5.91 Å². The zero-order valence-corrected chi connectivity index (χ0v) is 16.7. The van der Waals surface area contributed by atoms with Crippen molar-refractivity contribution < 1.29 is 9.32 Å². The molecule has 0 unspecified atom stereocenters. The van der Waals surface area contributed by atoms with Gasteiger partial charge in [-0.05, 0) is 37.3 Å². The van der Waals surface area contributed by atoms with Crippen LogP contribution < -0.4 is 4.90 Å². The second kappa shape index (κ2) is 7.59. The zero-order valence-electron chi connectivity index (χ0n) is 16.7. The zero-order chi connectivity index (χ0) is 20.5. The van der Waals surface area contributed by atoms with E-state index < -0.39 is 0 Å². The number of aryl methyl sites for hydroxylation is 1. The molecular formula is C23H21N5O2. The first-order valence-electron chi connectivity index (χ1n) is 9.98. The molecule has 2 aromatic heterocycles. The molecule has 0 bridgehead atoms. The number of hydrogen-bond acceptors (Lipinski definition) is 6. The Bertz CT molecular complexity index is 1180. The van der Waals surface area contributed by atoms with Crippen LogP contribution in [0.15, 0.2) is 65.2 Å². The Labute approximate surface area is 173 Å². The van der Waals surface area contributed by atoms with Crippen LogP contribution >= 0.6 is 0 Å². The van der Waals surface area contributed by atoms with Crippen LogP contribution in [0.2, 0.25) is 0 Å². The van der Waals surface area contributed by atoms with E-state index in [4.69, 9.17) is 4.52 Å². The highest BCUT2D eigenvalue weighted by molar-refractivity contribution is 6.01. The van der Waals surface area contributed by atoms with E-state index in [9.17, 15) is 4.79 Å². The molecule has 0 radical (unpaired) electrons. The Morgan fingerprint density at radius 2 is 1.73 bits per heavy atom.